The molecule has 2 aromatic carbocycles. The van der Waals surface area contributed by atoms with Crippen LogP contribution in [0.15, 0.2) is 48.5 Å². The lowest BCUT2D eigenvalue weighted by atomic mass is 10.00. The molecule has 0 aromatic heterocycles. The molecule has 18 heavy (non-hydrogen) atoms. The van der Waals surface area contributed by atoms with E-state index in [1.807, 2.05) is 0 Å². The minimum atomic E-state index is -1.50. The summed E-state index contributed by atoms with van der Waals surface area (Å²) in [5, 5.41) is 9.82. The van der Waals surface area contributed by atoms with Crippen molar-refractivity contribution < 1.29 is 18.7 Å². The first-order valence-electron chi connectivity index (χ1n) is 5.31. The van der Waals surface area contributed by atoms with Gasteiger partial charge in [-0.3, -0.25) is 4.79 Å². The third kappa shape index (κ3) is 2.60. The quantitative estimate of drug-likeness (QED) is 0.848. The average Bonchev–Trinajstić information content (AvgIpc) is 2.37. The Kier molecular flexibility index (Phi) is 3.48. The van der Waals surface area contributed by atoms with Crippen LogP contribution in [0.2, 0.25) is 0 Å². The van der Waals surface area contributed by atoms with E-state index in [1.165, 1.54) is 36.4 Å². The molecule has 92 valence electrons. The molecular weight excluding hydrogens is 238 g/mol. The zero-order valence-corrected chi connectivity index (χ0v) is 9.31. The molecule has 0 heterocycles. The van der Waals surface area contributed by atoms with Crippen molar-refractivity contribution in [2.75, 3.05) is 0 Å². The lowest BCUT2D eigenvalue weighted by Crippen LogP contribution is -2.12. The molecule has 0 amide bonds. The molecule has 0 bridgehead atoms. The Hall–Kier alpha value is -2.07. The predicted octanol–water partition coefficient (Wildman–Crippen LogP) is 2.88. The van der Waals surface area contributed by atoms with E-state index >= 15 is 0 Å². The largest absolute Gasteiger partial charge is 0.380 e. The van der Waals surface area contributed by atoms with Crippen LogP contribution in [0.25, 0.3) is 0 Å². The summed E-state index contributed by atoms with van der Waals surface area (Å²) in [5.74, 6) is -1.77. The summed E-state index contributed by atoms with van der Waals surface area (Å²) in [6.45, 7) is 0. The van der Waals surface area contributed by atoms with Gasteiger partial charge >= 0.3 is 0 Å². The maximum absolute atomic E-state index is 13.0. The van der Waals surface area contributed by atoms with Gasteiger partial charge in [-0.05, 0) is 29.8 Å². The number of hydrogen-bond donors (Lipinski definition) is 1. The predicted molar refractivity (Wildman–Crippen MR) is 62.1 cm³/mol. The Bertz CT molecular complexity index is 582. The van der Waals surface area contributed by atoms with Gasteiger partial charge in [0.1, 0.15) is 17.7 Å². The first-order chi connectivity index (χ1) is 8.58. The molecule has 0 saturated carbocycles. The van der Waals surface area contributed by atoms with E-state index < -0.39 is 23.5 Å². The number of carbonyl (C=O) groups is 1. The van der Waals surface area contributed by atoms with Gasteiger partial charge in [-0.2, -0.15) is 0 Å². The van der Waals surface area contributed by atoms with Gasteiger partial charge in [0.15, 0.2) is 5.78 Å². The first kappa shape index (κ1) is 12.4. The van der Waals surface area contributed by atoms with Crippen LogP contribution in [-0.2, 0) is 0 Å². The summed E-state index contributed by atoms with van der Waals surface area (Å²) in [6, 6.07) is 10.1. The number of rotatable bonds is 3. The SMILES string of the molecule is O=C(c1cccc(F)c1)[C@@H](O)c1cccc(F)c1. The summed E-state index contributed by atoms with van der Waals surface area (Å²) < 4.78 is 25.9. The molecule has 2 nitrogen and oxygen atoms in total. The monoisotopic (exact) mass is 248 g/mol. The van der Waals surface area contributed by atoms with E-state index in [9.17, 15) is 18.7 Å². The molecule has 0 unspecified atom stereocenters. The molecule has 2 rings (SSSR count). The fourth-order valence-electron chi connectivity index (χ4n) is 1.63. The number of ketones is 1. The summed E-state index contributed by atoms with van der Waals surface area (Å²) in [5.41, 5.74) is 0.191. The topological polar surface area (TPSA) is 37.3 Å². The third-order valence-electron chi connectivity index (χ3n) is 2.52. The number of aliphatic hydroxyl groups excluding tert-OH is 1. The molecule has 0 saturated heterocycles. The van der Waals surface area contributed by atoms with E-state index in [-0.39, 0.29) is 11.1 Å². The van der Waals surface area contributed by atoms with Crippen molar-refractivity contribution in [2.45, 2.75) is 6.10 Å². The normalized spacial score (nSPS) is 12.2. The number of hydrogen-bond acceptors (Lipinski definition) is 2. The standard InChI is InChI=1S/C14H10F2O2/c15-11-5-1-3-9(7-11)13(17)14(18)10-4-2-6-12(16)8-10/h1-8,13,17H/t13-/m0/s1. The van der Waals surface area contributed by atoms with Crippen LogP contribution in [0.4, 0.5) is 8.78 Å². The fourth-order valence-corrected chi connectivity index (χ4v) is 1.63. The molecule has 0 aliphatic carbocycles. The first-order valence-corrected chi connectivity index (χ1v) is 5.31. The van der Waals surface area contributed by atoms with Gasteiger partial charge in [-0.1, -0.05) is 24.3 Å². The van der Waals surface area contributed by atoms with E-state index in [4.69, 9.17) is 0 Å². The highest BCUT2D eigenvalue weighted by molar-refractivity contribution is 5.99. The lowest BCUT2D eigenvalue weighted by molar-refractivity contribution is 0.0746. The average molecular weight is 248 g/mol. The molecule has 0 fully saturated rings. The number of benzene rings is 2. The zero-order valence-electron chi connectivity index (χ0n) is 9.31. The minimum Gasteiger partial charge on any atom is -0.380 e. The second-order valence-electron chi connectivity index (χ2n) is 3.83. The molecule has 1 N–H and O–H groups in total. The van der Waals surface area contributed by atoms with E-state index in [0.717, 1.165) is 12.1 Å². The number of Topliss-reactive ketones (excluding diaryl/α,β-unsaturated/α-hetero) is 1. The Labute approximate surface area is 103 Å². The van der Waals surface area contributed by atoms with Gasteiger partial charge in [0.05, 0.1) is 0 Å². The Morgan fingerprint density at radius 2 is 1.61 bits per heavy atom. The number of halogens is 2. The molecule has 2 aromatic rings. The van der Waals surface area contributed by atoms with E-state index in [0.29, 0.717) is 0 Å². The number of carbonyl (C=O) groups excluding carboxylic acids is 1. The third-order valence-corrected chi connectivity index (χ3v) is 2.52. The number of aliphatic hydroxyl groups is 1. The summed E-state index contributed by atoms with van der Waals surface area (Å²) in [4.78, 5) is 11.9. The van der Waals surface area contributed by atoms with Crippen LogP contribution < -0.4 is 0 Å². The van der Waals surface area contributed by atoms with Crippen LogP contribution >= 0.6 is 0 Å². The Morgan fingerprint density at radius 3 is 2.22 bits per heavy atom. The smallest absolute Gasteiger partial charge is 0.195 e. The molecule has 0 spiro atoms. The molecule has 0 aliphatic rings. The maximum atomic E-state index is 13.0. The molecule has 4 heteroatoms. The van der Waals surface area contributed by atoms with Gasteiger partial charge in [0, 0.05) is 5.56 Å². The van der Waals surface area contributed by atoms with Gasteiger partial charge in [0.2, 0.25) is 0 Å². The highest BCUT2D eigenvalue weighted by Gasteiger charge is 2.19. The van der Waals surface area contributed by atoms with Crippen molar-refractivity contribution in [1.82, 2.24) is 0 Å². The van der Waals surface area contributed by atoms with E-state index in [1.54, 1.807) is 0 Å². The summed E-state index contributed by atoms with van der Waals surface area (Å²) in [6.07, 6.45) is -1.50. The molecule has 1 atom stereocenters. The van der Waals surface area contributed by atoms with Crippen molar-refractivity contribution in [2.24, 2.45) is 0 Å². The van der Waals surface area contributed by atoms with E-state index in [2.05, 4.69) is 0 Å². The summed E-state index contributed by atoms with van der Waals surface area (Å²) in [7, 11) is 0. The van der Waals surface area contributed by atoms with Crippen LogP contribution in [0.3, 0.4) is 0 Å². The van der Waals surface area contributed by atoms with Crippen LogP contribution in [0, 0.1) is 11.6 Å². The van der Waals surface area contributed by atoms with Crippen LogP contribution in [0.1, 0.15) is 22.0 Å². The molecule has 0 aliphatic heterocycles. The second kappa shape index (κ2) is 5.06. The second-order valence-corrected chi connectivity index (χ2v) is 3.83. The van der Waals surface area contributed by atoms with Gasteiger partial charge in [0.25, 0.3) is 0 Å². The highest BCUT2D eigenvalue weighted by Crippen LogP contribution is 2.19. The Balaban J connectivity index is 2.29. The fraction of sp³-hybridized carbons (Fsp3) is 0.0714. The maximum Gasteiger partial charge on any atom is 0.195 e. The Morgan fingerprint density at radius 1 is 1.00 bits per heavy atom. The van der Waals surface area contributed by atoms with Crippen LogP contribution in [0.5, 0.6) is 0 Å². The van der Waals surface area contributed by atoms with Gasteiger partial charge in [-0.15, -0.1) is 0 Å². The summed E-state index contributed by atoms with van der Waals surface area (Å²) >= 11 is 0. The van der Waals surface area contributed by atoms with Crippen molar-refractivity contribution in [3.8, 4) is 0 Å². The highest BCUT2D eigenvalue weighted by atomic mass is 19.1. The van der Waals surface area contributed by atoms with Gasteiger partial charge in [-0.25, -0.2) is 8.78 Å². The van der Waals surface area contributed by atoms with Crippen molar-refractivity contribution in [3.63, 3.8) is 0 Å². The zero-order chi connectivity index (χ0) is 13.1. The minimum absolute atomic E-state index is 0.0479. The van der Waals surface area contributed by atoms with Crippen molar-refractivity contribution in [1.29, 1.82) is 0 Å². The molecule has 0 radical (unpaired) electrons. The van der Waals surface area contributed by atoms with Crippen molar-refractivity contribution >= 4 is 5.78 Å². The van der Waals surface area contributed by atoms with Gasteiger partial charge < -0.3 is 5.11 Å². The lowest BCUT2D eigenvalue weighted by Gasteiger charge is -2.10. The van der Waals surface area contributed by atoms with Crippen LogP contribution in [-0.4, -0.2) is 10.9 Å². The molecular formula is C14H10F2O2. The van der Waals surface area contributed by atoms with Crippen molar-refractivity contribution in [3.05, 3.63) is 71.3 Å².